The van der Waals surface area contributed by atoms with Gasteiger partial charge in [-0.2, -0.15) is 0 Å². The zero-order valence-electron chi connectivity index (χ0n) is 13.1. The van der Waals surface area contributed by atoms with E-state index >= 15 is 0 Å². The van der Waals surface area contributed by atoms with E-state index in [9.17, 15) is 0 Å². The molecule has 0 radical (unpaired) electrons. The van der Waals surface area contributed by atoms with E-state index in [-0.39, 0.29) is 12.4 Å². The summed E-state index contributed by atoms with van der Waals surface area (Å²) in [4.78, 5) is 0. The van der Waals surface area contributed by atoms with Crippen molar-refractivity contribution in [1.29, 1.82) is 0 Å². The smallest absolute Gasteiger partial charge is 0.254 e. The standard InChI is InChI=1S/C17H22N2O3.ClH/c1-2-8-15(9-3-1)21-13-16-12-17(19-22-16)20-11-10-18-14-6-4-5-7-14;/h1-3,8-9,12,14,18H,4-7,10-11,13H2;1H. The molecule has 0 aliphatic heterocycles. The lowest BCUT2D eigenvalue weighted by Gasteiger charge is -2.10. The average Bonchev–Trinajstić information content (AvgIpc) is 3.22. The molecule has 1 heterocycles. The van der Waals surface area contributed by atoms with Crippen LogP contribution in [0, 0.1) is 0 Å². The lowest BCUT2D eigenvalue weighted by molar-refractivity contribution is 0.237. The monoisotopic (exact) mass is 338 g/mol. The van der Waals surface area contributed by atoms with Gasteiger partial charge in [0.15, 0.2) is 5.76 Å². The topological polar surface area (TPSA) is 56.5 Å². The van der Waals surface area contributed by atoms with Gasteiger partial charge in [-0.25, -0.2) is 0 Å². The molecular formula is C17H23ClN2O3. The van der Waals surface area contributed by atoms with E-state index in [0.717, 1.165) is 12.3 Å². The summed E-state index contributed by atoms with van der Waals surface area (Å²) in [6, 6.07) is 12.1. The highest BCUT2D eigenvalue weighted by Gasteiger charge is 2.13. The van der Waals surface area contributed by atoms with Crippen molar-refractivity contribution in [3.8, 4) is 11.6 Å². The number of para-hydroxylation sites is 1. The van der Waals surface area contributed by atoms with E-state index in [0.29, 0.717) is 30.9 Å². The minimum Gasteiger partial charge on any atom is -0.486 e. The fourth-order valence-corrected chi connectivity index (χ4v) is 2.65. The molecule has 1 aromatic heterocycles. The molecular weight excluding hydrogens is 316 g/mol. The Kier molecular flexibility index (Phi) is 7.23. The molecule has 1 saturated carbocycles. The zero-order chi connectivity index (χ0) is 15.0. The van der Waals surface area contributed by atoms with Crippen LogP contribution in [-0.2, 0) is 6.61 Å². The predicted molar refractivity (Wildman–Crippen MR) is 90.3 cm³/mol. The third-order valence-corrected chi connectivity index (χ3v) is 3.80. The van der Waals surface area contributed by atoms with Gasteiger partial charge in [0.05, 0.1) is 0 Å². The van der Waals surface area contributed by atoms with Crippen molar-refractivity contribution in [3.05, 3.63) is 42.2 Å². The molecule has 0 saturated heterocycles. The van der Waals surface area contributed by atoms with Crippen molar-refractivity contribution < 1.29 is 14.0 Å². The van der Waals surface area contributed by atoms with Gasteiger partial charge in [0.1, 0.15) is 19.0 Å². The molecule has 0 amide bonds. The van der Waals surface area contributed by atoms with Gasteiger partial charge in [-0.05, 0) is 30.1 Å². The molecule has 0 atom stereocenters. The lowest BCUT2D eigenvalue weighted by atomic mass is 10.2. The Morgan fingerprint density at radius 3 is 2.70 bits per heavy atom. The third-order valence-electron chi connectivity index (χ3n) is 3.80. The second-order valence-electron chi connectivity index (χ2n) is 5.52. The van der Waals surface area contributed by atoms with Crippen LogP contribution in [0.5, 0.6) is 11.6 Å². The molecule has 1 fully saturated rings. The second-order valence-corrected chi connectivity index (χ2v) is 5.52. The number of benzene rings is 1. The first kappa shape index (κ1) is 17.6. The minimum absolute atomic E-state index is 0. The summed E-state index contributed by atoms with van der Waals surface area (Å²) in [6.07, 6.45) is 5.25. The molecule has 3 rings (SSSR count). The Labute approximate surface area is 142 Å². The number of hydrogen-bond acceptors (Lipinski definition) is 5. The first-order valence-electron chi connectivity index (χ1n) is 7.90. The Bertz CT molecular complexity index is 556. The maximum atomic E-state index is 5.60. The maximum absolute atomic E-state index is 5.60. The van der Waals surface area contributed by atoms with Crippen LogP contribution >= 0.6 is 12.4 Å². The molecule has 23 heavy (non-hydrogen) atoms. The number of rotatable bonds is 8. The van der Waals surface area contributed by atoms with Crippen molar-refractivity contribution in [3.63, 3.8) is 0 Å². The molecule has 0 unspecified atom stereocenters. The summed E-state index contributed by atoms with van der Waals surface area (Å²) >= 11 is 0. The van der Waals surface area contributed by atoms with Gasteiger partial charge in [0, 0.05) is 18.7 Å². The van der Waals surface area contributed by atoms with E-state index in [2.05, 4.69) is 10.5 Å². The van der Waals surface area contributed by atoms with E-state index in [1.165, 1.54) is 25.7 Å². The molecule has 1 aliphatic rings. The lowest BCUT2D eigenvalue weighted by Crippen LogP contribution is -2.30. The van der Waals surface area contributed by atoms with Crippen LogP contribution in [0.2, 0.25) is 0 Å². The quantitative estimate of drug-likeness (QED) is 0.745. The van der Waals surface area contributed by atoms with Crippen LogP contribution in [0.3, 0.4) is 0 Å². The summed E-state index contributed by atoms with van der Waals surface area (Å²) < 4.78 is 16.4. The van der Waals surface area contributed by atoms with E-state index in [1.807, 2.05) is 30.3 Å². The van der Waals surface area contributed by atoms with Crippen molar-refractivity contribution in [1.82, 2.24) is 10.5 Å². The van der Waals surface area contributed by atoms with Gasteiger partial charge in [-0.3, -0.25) is 0 Å². The van der Waals surface area contributed by atoms with Crippen LogP contribution in [0.15, 0.2) is 40.9 Å². The van der Waals surface area contributed by atoms with Crippen LogP contribution in [0.4, 0.5) is 0 Å². The van der Waals surface area contributed by atoms with E-state index in [4.69, 9.17) is 14.0 Å². The molecule has 5 nitrogen and oxygen atoms in total. The number of ether oxygens (including phenoxy) is 2. The molecule has 6 heteroatoms. The molecule has 2 aromatic rings. The van der Waals surface area contributed by atoms with Crippen molar-refractivity contribution in [2.45, 2.75) is 38.3 Å². The van der Waals surface area contributed by atoms with Gasteiger partial charge in [0.25, 0.3) is 5.88 Å². The first-order valence-corrected chi connectivity index (χ1v) is 7.90. The SMILES string of the molecule is Cl.c1ccc(OCc2cc(OCCNC3CCCC3)no2)cc1. The Balaban J connectivity index is 0.00000192. The van der Waals surface area contributed by atoms with E-state index < -0.39 is 0 Å². The highest BCUT2D eigenvalue weighted by molar-refractivity contribution is 5.85. The summed E-state index contributed by atoms with van der Waals surface area (Å²) in [5, 5.41) is 7.39. The Morgan fingerprint density at radius 1 is 1.13 bits per heavy atom. The van der Waals surface area contributed by atoms with E-state index in [1.54, 1.807) is 6.07 Å². The summed E-state index contributed by atoms with van der Waals surface area (Å²) in [7, 11) is 0. The second kappa shape index (κ2) is 9.43. The first-order chi connectivity index (χ1) is 10.9. The number of halogens is 1. The highest BCUT2D eigenvalue weighted by atomic mass is 35.5. The summed E-state index contributed by atoms with van der Waals surface area (Å²) in [6.45, 7) is 1.79. The predicted octanol–water partition coefficient (Wildman–Crippen LogP) is 3.59. The van der Waals surface area contributed by atoms with Gasteiger partial charge in [0.2, 0.25) is 0 Å². The van der Waals surface area contributed by atoms with Crippen molar-refractivity contribution >= 4 is 12.4 Å². The molecule has 126 valence electrons. The molecule has 0 spiro atoms. The average molecular weight is 339 g/mol. The Hall–Kier alpha value is -1.72. The molecule has 1 aliphatic carbocycles. The number of nitrogens with one attached hydrogen (secondary N) is 1. The van der Waals surface area contributed by atoms with Crippen LogP contribution < -0.4 is 14.8 Å². The summed E-state index contributed by atoms with van der Waals surface area (Å²) in [5.74, 6) is 1.98. The normalized spacial score (nSPS) is 14.4. The van der Waals surface area contributed by atoms with Crippen molar-refractivity contribution in [2.24, 2.45) is 0 Å². The third kappa shape index (κ3) is 5.77. The maximum Gasteiger partial charge on any atom is 0.254 e. The molecule has 0 bridgehead atoms. The molecule has 1 aromatic carbocycles. The van der Waals surface area contributed by atoms with Crippen LogP contribution in [-0.4, -0.2) is 24.4 Å². The largest absolute Gasteiger partial charge is 0.486 e. The van der Waals surface area contributed by atoms with Gasteiger partial charge in [-0.1, -0.05) is 31.0 Å². The number of hydrogen-bond donors (Lipinski definition) is 1. The summed E-state index contributed by atoms with van der Waals surface area (Å²) in [5.41, 5.74) is 0. The van der Waals surface area contributed by atoms with Gasteiger partial charge >= 0.3 is 0 Å². The minimum atomic E-state index is 0. The fourth-order valence-electron chi connectivity index (χ4n) is 2.65. The van der Waals surface area contributed by atoms with Crippen LogP contribution in [0.1, 0.15) is 31.4 Å². The Morgan fingerprint density at radius 2 is 1.91 bits per heavy atom. The van der Waals surface area contributed by atoms with Gasteiger partial charge < -0.3 is 19.3 Å². The zero-order valence-corrected chi connectivity index (χ0v) is 13.9. The number of nitrogens with zero attached hydrogens (tertiary/aromatic N) is 1. The highest BCUT2D eigenvalue weighted by Crippen LogP contribution is 2.17. The van der Waals surface area contributed by atoms with Gasteiger partial charge in [-0.15, -0.1) is 12.4 Å². The van der Waals surface area contributed by atoms with Crippen molar-refractivity contribution in [2.75, 3.05) is 13.2 Å². The molecule has 1 N–H and O–H groups in total. The fraction of sp³-hybridized carbons (Fsp3) is 0.471. The number of aromatic nitrogens is 1. The van der Waals surface area contributed by atoms with Crippen LogP contribution in [0.25, 0.3) is 0 Å².